The smallest absolute Gasteiger partial charge is 0.273 e. The maximum atomic E-state index is 11.9. The predicted molar refractivity (Wildman–Crippen MR) is 73.2 cm³/mol. The average Bonchev–Trinajstić information content (AvgIpc) is 2.29. The summed E-state index contributed by atoms with van der Waals surface area (Å²) in [6.07, 6.45) is 0.805. The van der Waals surface area contributed by atoms with Crippen LogP contribution in [0.2, 0.25) is 0 Å². The summed E-state index contributed by atoms with van der Waals surface area (Å²) in [6.45, 7) is 3.54. The zero-order valence-electron chi connectivity index (χ0n) is 10.3. The molecule has 18 heavy (non-hydrogen) atoms. The van der Waals surface area contributed by atoms with Crippen molar-refractivity contribution in [3.63, 3.8) is 0 Å². The van der Waals surface area contributed by atoms with Crippen molar-refractivity contribution in [3.8, 4) is 0 Å². The van der Waals surface area contributed by atoms with Crippen LogP contribution in [0.3, 0.4) is 0 Å². The number of amides is 1. The van der Waals surface area contributed by atoms with Crippen LogP contribution in [0.15, 0.2) is 18.2 Å². The molecular formula is C12H15BrN2O3. The summed E-state index contributed by atoms with van der Waals surface area (Å²) >= 11 is 3.30. The molecule has 0 fully saturated rings. The van der Waals surface area contributed by atoms with Gasteiger partial charge in [-0.3, -0.25) is 14.9 Å². The Morgan fingerprint density at radius 3 is 2.78 bits per heavy atom. The van der Waals surface area contributed by atoms with Crippen molar-refractivity contribution in [2.45, 2.75) is 26.3 Å². The van der Waals surface area contributed by atoms with E-state index in [1.165, 1.54) is 6.07 Å². The highest BCUT2D eigenvalue weighted by Gasteiger charge is 2.15. The number of rotatable bonds is 5. The lowest BCUT2D eigenvalue weighted by Crippen LogP contribution is -2.32. The second-order valence-electron chi connectivity index (χ2n) is 4.11. The highest BCUT2D eigenvalue weighted by atomic mass is 79.9. The Kier molecular flexibility index (Phi) is 5.27. The molecule has 0 radical (unpaired) electrons. The molecule has 6 heteroatoms. The highest BCUT2D eigenvalue weighted by Crippen LogP contribution is 2.19. The topological polar surface area (TPSA) is 72.2 Å². The van der Waals surface area contributed by atoms with Crippen molar-refractivity contribution in [2.75, 3.05) is 5.33 Å². The molecule has 1 atom stereocenters. The van der Waals surface area contributed by atoms with Crippen LogP contribution in [0, 0.1) is 17.0 Å². The van der Waals surface area contributed by atoms with Crippen LogP contribution in [0.1, 0.15) is 29.3 Å². The van der Waals surface area contributed by atoms with E-state index in [9.17, 15) is 14.9 Å². The van der Waals surface area contributed by atoms with E-state index in [2.05, 4.69) is 21.2 Å². The van der Waals surface area contributed by atoms with Gasteiger partial charge in [-0.05, 0) is 26.3 Å². The molecule has 0 aliphatic heterocycles. The summed E-state index contributed by atoms with van der Waals surface area (Å²) in [6, 6.07) is 4.52. The number of aryl methyl sites for hydroxylation is 1. The van der Waals surface area contributed by atoms with Crippen molar-refractivity contribution in [1.29, 1.82) is 0 Å². The number of nitro groups is 1. The number of nitro benzene ring substituents is 1. The van der Waals surface area contributed by atoms with Gasteiger partial charge in [-0.1, -0.05) is 22.0 Å². The van der Waals surface area contributed by atoms with Gasteiger partial charge in [0.05, 0.1) is 4.92 Å². The van der Waals surface area contributed by atoms with Gasteiger partial charge in [0.15, 0.2) is 0 Å². The number of nitrogens with one attached hydrogen (secondary N) is 1. The van der Waals surface area contributed by atoms with E-state index in [0.29, 0.717) is 11.1 Å². The molecule has 0 saturated carbocycles. The molecule has 1 rings (SSSR count). The number of carbonyl (C=O) groups is 1. The quantitative estimate of drug-likeness (QED) is 0.516. The van der Waals surface area contributed by atoms with Gasteiger partial charge in [0, 0.05) is 28.6 Å². The Morgan fingerprint density at radius 2 is 2.22 bits per heavy atom. The minimum atomic E-state index is -0.478. The number of hydrogen-bond donors (Lipinski definition) is 1. The largest absolute Gasteiger partial charge is 0.350 e. The molecule has 0 bridgehead atoms. The minimum absolute atomic E-state index is 0.0252. The minimum Gasteiger partial charge on any atom is -0.350 e. The Bertz CT molecular complexity index is 463. The van der Waals surface area contributed by atoms with Crippen LogP contribution < -0.4 is 5.32 Å². The van der Waals surface area contributed by atoms with Crippen LogP contribution in [0.4, 0.5) is 5.69 Å². The molecule has 1 N–H and O–H groups in total. The molecule has 0 aliphatic carbocycles. The molecule has 1 unspecified atom stereocenters. The Hall–Kier alpha value is -1.43. The number of hydrogen-bond acceptors (Lipinski definition) is 3. The molecule has 0 aromatic heterocycles. The first-order chi connectivity index (χ1) is 8.45. The van der Waals surface area contributed by atoms with Crippen LogP contribution in [-0.4, -0.2) is 22.2 Å². The fraction of sp³-hybridized carbons (Fsp3) is 0.417. The van der Waals surface area contributed by atoms with Crippen molar-refractivity contribution in [1.82, 2.24) is 5.32 Å². The monoisotopic (exact) mass is 314 g/mol. The van der Waals surface area contributed by atoms with Crippen LogP contribution in [-0.2, 0) is 0 Å². The standard InChI is InChI=1S/C12H15BrN2O3/c1-8-3-4-10(7-11(8)15(17)18)12(16)14-9(2)5-6-13/h3-4,7,9H,5-6H2,1-2H3,(H,14,16). The molecule has 0 saturated heterocycles. The molecule has 1 aromatic rings. The lowest BCUT2D eigenvalue weighted by atomic mass is 10.1. The number of benzene rings is 1. The van der Waals surface area contributed by atoms with Gasteiger partial charge in [-0.15, -0.1) is 0 Å². The van der Waals surface area contributed by atoms with E-state index >= 15 is 0 Å². The van der Waals surface area contributed by atoms with Gasteiger partial charge in [-0.25, -0.2) is 0 Å². The van der Waals surface area contributed by atoms with Crippen molar-refractivity contribution in [2.24, 2.45) is 0 Å². The molecule has 5 nitrogen and oxygen atoms in total. The maximum Gasteiger partial charge on any atom is 0.273 e. The summed E-state index contributed by atoms with van der Waals surface area (Å²) < 4.78 is 0. The van der Waals surface area contributed by atoms with Crippen molar-refractivity contribution < 1.29 is 9.72 Å². The maximum absolute atomic E-state index is 11.9. The molecule has 0 aliphatic rings. The van der Waals surface area contributed by atoms with Gasteiger partial charge in [-0.2, -0.15) is 0 Å². The predicted octanol–water partition coefficient (Wildman–Crippen LogP) is 2.81. The molecule has 1 amide bonds. The van der Waals surface area contributed by atoms with Gasteiger partial charge >= 0.3 is 0 Å². The average molecular weight is 315 g/mol. The first kappa shape index (κ1) is 14.6. The summed E-state index contributed by atoms with van der Waals surface area (Å²) in [5.74, 6) is -0.286. The SMILES string of the molecule is Cc1ccc(C(=O)NC(C)CCBr)cc1[N+](=O)[O-]. The first-order valence-electron chi connectivity index (χ1n) is 5.57. The van der Waals surface area contributed by atoms with Gasteiger partial charge < -0.3 is 5.32 Å². The lowest BCUT2D eigenvalue weighted by Gasteiger charge is -2.12. The summed E-state index contributed by atoms with van der Waals surface area (Å²) in [4.78, 5) is 22.2. The first-order valence-corrected chi connectivity index (χ1v) is 6.69. The Balaban J connectivity index is 2.87. The zero-order chi connectivity index (χ0) is 13.7. The summed E-state index contributed by atoms with van der Waals surface area (Å²) in [5, 5.41) is 14.4. The van der Waals surface area contributed by atoms with Gasteiger partial charge in [0.25, 0.3) is 11.6 Å². The summed E-state index contributed by atoms with van der Waals surface area (Å²) in [7, 11) is 0. The fourth-order valence-corrected chi connectivity index (χ4v) is 2.18. The fourth-order valence-electron chi connectivity index (χ4n) is 1.49. The third-order valence-electron chi connectivity index (χ3n) is 2.59. The van der Waals surface area contributed by atoms with E-state index in [1.807, 2.05) is 6.92 Å². The third-order valence-corrected chi connectivity index (χ3v) is 3.05. The second kappa shape index (κ2) is 6.49. The number of halogens is 1. The second-order valence-corrected chi connectivity index (χ2v) is 4.90. The zero-order valence-corrected chi connectivity index (χ0v) is 11.9. The van der Waals surface area contributed by atoms with E-state index < -0.39 is 4.92 Å². The van der Waals surface area contributed by atoms with Crippen molar-refractivity contribution in [3.05, 3.63) is 39.4 Å². The number of nitrogens with zero attached hydrogens (tertiary/aromatic N) is 1. The number of alkyl halides is 1. The molecule has 0 heterocycles. The Labute approximate surface area is 114 Å². The van der Waals surface area contributed by atoms with E-state index in [1.54, 1.807) is 19.1 Å². The molecule has 98 valence electrons. The summed E-state index contributed by atoms with van der Waals surface area (Å²) in [5.41, 5.74) is 0.828. The van der Waals surface area contributed by atoms with Gasteiger partial charge in [0.2, 0.25) is 0 Å². The highest BCUT2D eigenvalue weighted by molar-refractivity contribution is 9.09. The molecular weight excluding hydrogens is 300 g/mol. The number of carbonyl (C=O) groups excluding carboxylic acids is 1. The van der Waals surface area contributed by atoms with Crippen LogP contribution in [0.25, 0.3) is 0 Å². The van der Waals surface area contributed by atoms with E-state index in [0.717, 1.165) is 11.8 Å². The molecule has 1 aromatic carbocycles. The van der Waals surface area contributed by atoms with Gasteiger partial charge in [0.1, 0.15) is 0 Å². The van der Waals surface area contributed by atoms with Crippen LogP contribution in [0.5, 0.6) is 0 Å². The van der Waals surface area contributed by atoms with Crippen molar-refractivity contribution >= 4 is 27.5 Å². The third kappa shape index (κ3) is 3.80. The Morgan fingerprint density at radius 1 is 1.56 bits per heavy atom. The van der Waals surface area contributed by atoms with E-state index in [-0.39, 0.29) is 17.6 Å². The molecule has 0 spiro atoms. The van der Waals surface area contributed by atoms with E-state index in [4.69, 9.17) is 0 Å². The normalized spacial score (nSPS) is 11.9. The lowest BCUT2D eigenvalue weighted by molar-refractivity contribution is -0.385. The van der Waals surface area contributed by atoms with Crippen LogP contribution >= 0.6 is 15.9 Å².